The van der Waals surface area contributed by atoms with Crippen LogP contribution in [0.2, 0.25) is 0 Å². The van der Waals surface area contributed by atoms with Crippen molar-refractivity contribution in [2.75, 3.05) is 0 Å². The van der Waals surface area contributed by atoms with Gasteiger partial charge in [-0.15, -0.1) is 10.2 Å². The molecule has 9 heteroatoms. The molecule has 1 amide bonds. The van der Waals surface area contributed by atoms with E-state index in [1.165, 1.54) is 16.8 Å². The second kappa shape index (κ2) is 9.25. The highest BCUT2D eigenvalue weighted by atomic mass is 16.4. The molecule has 1 aromatic carbocycles. The molecule has 1 N–H and O–H groups in total. The molecule has 0 fully saturated rings. The lowest BCUT2D eigenvalue weighted by molar-refractivity contribution is -0.122. The van der Waals surface area contributed by atoms with Gasteiger partial charge in [-0.3, -0.25) is 19.0 Å². The third kappa shape index (κ3) is 5.16. The van der Waals surface area contributed by atoms with Gasteiger partial charge < -0.3 is 9.73 Å². The first-order chi connectivity index (χ1) is 15.1. The first-order valence-corrected chi connectivity index (χ1v) is 10.4. The van der Waals surface area contributed by atoms with Gasteiger partial charge in [0.15, 0.2) is 0 Å². The van der Waals surface area contributed by atoms with Crippen LogP contribution in [0.1, 0.15) is 51.2 Å². The topological polar surface area (TPSA) is 120 Å². The number of carbonyl (C=O) groups excluding carboxylic acids is 2. The number of hydrogen-bond acceptors (Lipinski definition) is 7. The lowest BCUT2D eigenvalue weighted by Gasteiger charge is -2.20. The molecule has 0 saturated carbocycles. The normalized spacial score (nSPS) is 12.6. The minimum atomic E-state index is -0.886. The van der Waals surface area contributed by atoms with Crippen LogP contribution in [0.25, 0.3) is 11.4 Å². The second-order valence-electron chi connectivity index (χ2n) is 8.87. The highest BCUT2D eigenvalue weighted by Crippen LogP contribution is 2.21. The molecule has 0 bridgehead atoms. The predicted molar refractivity (Wildman–Crippen MR) is 118 cm³/mol. The Balaban J connectivity index is 1.82. The Labute approximate surface area is 185 Å². The fourth-order valence-electron chi connectivity index (χ4n) is 3.06. The third-order valence-electron chi connectivity index (χ3n) is 4.81. The first kappa shape index (κ1) is 23.1. The fourth-order valence-corrected chi connectivity index (χ4v) is 3.06. The Hall–Kier alpha value is -3.62. The zero-order valence-corrected chi connectivity index (χ0v) is 18.8. The number of amides is 1. The molecule has 0 spiro atoms. The molecule has 3 aromatic rings. The van der Waals surface area contributed by atoms with Gasteiger partial charge in [0.25, 0.3) is 11.4 Å². The summed E-state index contributed by atoms with van der Waals surface area (Å²) in [6.07, 6.45) is 1.40. The average Bonchev–Trinajstić information content (AvgIpc) is 3.24. The van der Waals surface area contributed by atoms with Crippen LogP contribution >= 0.6 is 0 Å². The molecule has 0 aliphatic carbocycles. The second-order valence-corrected chi connectivity index (χ2v) is 8.87. The summed E-state index contributed by atoms with van der Waals surface area (Å²) < 4.78 is 6.82. The summed E-state index contributed by atoms with van der Waals surface area (Å²) in [5.41, 5.74) is -0.0690. The van der Waals surface area contributed by atoms with E-state index >= 15 is 0 Å². The summed E-state index contributed by atoms with van der Waals surface area (Å²) in [4.78, 5) is 42.6. The highest BCUT2D eigenvalue weighted by molar-refractivity contribution is 5.98. The maximum Gasteiger partial charge on any atom is 0.286 e. The molecule has 9 nitrogen and oxygen atoms in total. The van der Waals surface area contributed by atoms with Crippen molar-refractivity contribution in [2.45, 2.75) is 52.6 Å². The number of nitrogens with zero attached hydrogens (tertiary/aromatic N) is 4. The highest BCUT2D eigenvalue weighted by Gasteiger charge is 2.31. The number of ketones is 1. The zero-order chi connectivity index (χ0) is 23.5. The molecule has 1 unspecified atom stereocenters. The van der Waals surface area contributed by atoms with Crippen molar-refractivity contribution in [3.63, 3.8) is 0 Å². The van der Waals surface area contributed by atoms with Crippen LogP contribution in [0.5, 0.6) is 0 Å². The molecule has 32 heavy (non-hydrogen) atoms. The summed E-state index contributed by atoms with van der Waals surface area (Å²) in [6.45, 7) is 9.00. The van der Waals surface area contributed by atoms with Crippen molar-refractivity contribution in [2.24, 2.45) is 5.92 Å². The van der Waals surface area contributed by atoms with E-state index in [0.29, 0.717) is 17.3 Å². The summed E-state index contributed by atoms with van der Waals surface area (Å²) >= 11 is 0. The first-order valence-electron chi connectivity index (χ1n) is 10.4. The van der Waals surface area contributed by atoms with Crippen LogP contribution in [0.3, 0.4) is 0 Å². The quantitative estimate of drug-likeness (QED) is 0.564. The van der Waals surface area contributed by atoms with Gasteiger partial charge >= 0.3 is 0 Å². The van der Waals surface area contributed by atoms with E-state index in [1.807, 2.05) is 39.0 Å². The smallest absolute Gasteiger partial charge is 0.286 e. The maximum atomic E-state index is 13.0. The van der Waals surface area contributed by atoms with E-state index in [2.05, 4.69) is 20.5 Å². The maximum absolute atomic E-state index is 13.0. The fraction of sp³-hybridized carbons (Fsp3) is 0.391. The van der Waals surface area contributed by atoms with E-state index in [1.54, 1.807) is 26.0 Å². The molecule has 168 valence electrons. The molecular weight excluding hydrogens is 410 g/mol. The van der Waals surface area contributed by atoms with Crippen LogP contribution in [0.4, 0.5) is 0 Å². The van der Waals surface area contributed by atoms with Gasteiger partial charge in [0.1, 0.15) is 12.4 Å². The Kier molecular flexibility index (Phi) is 6.67. The van der Waals surface area contributed by atoms with Crippen LogP contribution in [-0.4, -0.2) is 37.5 Å². The van der Waals surface area contributed by atoms with Crippen LogP contribution < -0.4 is 10.9 Å². The number of carbonyl (C=O) groups is 2. The van der Waals surface area contributed by atoms with Gasteiger partial charge in [-0.25, -0.2) is 4.98 Å². The van der Waals surface area contributed by atoms with Crippen molar-refractivity contribution >= 4 is 11.7 Å². The van der Waals surface area contributed by atoms with Crippen molar-refractivity contribution in [3.05, 3.63) is 64.7 Å². The number of hydrogen-bond donors (Lipinski definition) is 1. The molecule has 2 heterocycles. The lowest BCUT2D eigenvalue weighted by Crippen LogP contribution is -2.46. The summed E-state index contributed by atoms with van der Waals surface area (Å²) in [5, 5.41) is 10.5. The number of benzene rings is 1. The zero-order valence-electron chi connectivity index (χ0n) is 18.8. The van der Waals surface area contributed by atoms with Crippen LogP contribution in [0.15, 0.2) is 51.8 Å². The van der Waals surface area contributed by atoms with E-state index in [4.69, 9.17) is 4.42 Å². The minimum absolute atomic E-state index is 0.155. The number of nitrogens with one attached hydrogen (secondary N) is 1. The van der Waals surface area contributed by atoms with Gasteiger partial charge in [-0.1, -0.05) is 65.0 Å². The molecule has 0 aliphatic heterocycles. The van der Waals surface area contributed by atoms with Gasteiger partial charge in [-0.2, -0.15) is 0 Å². The predicted octanol–water partition coefficient (Wildman–Crippen LogP) is 2.61. The monoisotopic (exact) mass is 437 g/mol. The van der Waals surface area contributed by atoms with Gasteiger partial charge in [0.2, 0.25) is 17.6 Å². The van der Waals surface area contributed by atoms with E-state index in [0.717, 1.165) is 0 Å². The lowest BCUT2D eigenvalue weighted by atomic mass is 9.97. The summed E-state index contributed by atoms with van der Waals surface area (Å²) in [7, 11) is 0. The Morgan fingerprint density at radius 1 is 1.09 bits per heavy atom. The molecule has 0 saturated heterocycles. The molecule has 3 rings (SSSR count). The largest absolute Gasteiger partial charge is 0.418 e. The number of aromatic nitrogens is 4. The van der Waals surface area contributed by atoms with Crippen LogP contribution in [0, 0.1) is 5.92 Å². The summed E-state index contributed by atoms with van der Waals surface area (Å²) in [5.74, 6) is -0.664. The van der Waals surface area contributed by atoms with Gasteiger partial charge in [0.05, 0.1) is 6.04 Å². The molecule has 1 atom stereocenters. The molecule has 0 radical (unpaired) electrons. The SMILES string of the molecule is CC(C)C(NC(=O)Cn1c(-c2ccccc2)nccc1=O)C(=O)c1nnc(C(C)(C)C)o1. The third-order valence-corrected chi connectivity index (χ3v) is 4.81. The molecule has 0 aliphatic rings. The minimum Gasteiger partial charge on any atom is -0.418 e. The van der Waals surface area contributed by atoms with Gasteiger partial charge in [-0.05, 0) is 5.92 Å². The van der Waals surface area contributed by atoms with E-state index in [9.17, 15) is 14.4 Å². The van der Waals surface area contributed by atoms with Crippen molar-refractivity contribution < 1.29 is 14.0 Å². The number of Topliss-reactive ketones (excluding diaryl/α,β-unsaturated/α-hetero) is 1. The standard InChI is InChI=1S/C23H27N5O4/c1-14(2)18(19(31)21-26-27-22(32-21)23(3,4)5)25-16(29)13-28-17(30)11-12-24-20(28)15-9-7-6-8-10-15/h6-12,14,18H,13H2,1-5H3,(H,25,29). The van der Waals surface area contributed by atoms with E-state index < -0.39 is 23.1 Å². The van der Waals surface area contributed by atoms with Crippen LogP contribution in [-0.2, 0) is 16.8 Å². The number of rotatable bonds is 7. The van der Waals surface area contributed by atoms with E-state index in [-0.39, 0.29) is 23.9 Å². The molecular formula is C23H27N5O4. The Morgan fingerprint density at radius 3 is 2.38 bits per heavy atom. The Bertz CT molecular complexity index is 1160. The average molecular weight is 438 g/mol. The Morgan fingerprint density at radius 2 is 1.78 bits per heavy atom. The summed E-state index contributed by atoms with van der Waals surface area (Å²) in [6, 6.07) is 9.51. The van der Waals surface area contributed by atoms with Crippen molar-refractivity contribution in [1.29, 1.82) is 0 Å². The molecule has 2 aromatic heterocycles. The van der Waals surface area contributed by atoms with Gasteiger partial charge in [0, 0.05) is 23.2 Å². The van der Waals surface area contributed by atoms with Crippen molar-refractivity contribution in [3.8, 4) is 11.4 Å². The van der Waals surface area contributed by atoms with Crippen molar-refractivity contribution in [1.82, 2.24) is 25.1 Å².